The van der Waals surface area contributed by atoms with E-state index in [0.29, 0.717) is 28.0 Å². The van der Waals surface area contributed by atoms with Crippen molar-refractivity contribution in [2.24, 2.45) is 0 Å². The van der Waals surface area contributed by atoms with Gasteiger partial charge in [-0.05, 0) is 47.1 Å². The number of hydrogen-bond acceptors (Lipinski definition) is 3. The zero-order valence-electron chi connectivity index (χ0n) is 15.0. The van der Waals surface area contributed by atoms with Gasteiger partial charge in [0.2, 0.25) is 0 Å². The largest absolute Gasteiger partial charge is 0.455 e. The van der Waals surface area contributed by atoms with Gasteiger partial charge in [-0.1, -0.05) is 48.5 Å². The van der Waals surface area contributed by atoms with Crippen LogP contribution in [0, 0.1) is 6.92 Å². The van der Waals surface area contributed by atoms with Gasteiger partial charge in [0.1, 0.15) is 5.76 Å². The van der Waals surface area contributed by atoms with Crippen LogP contribution in [0.25, 0.3) is 22.3 Å². The molecule has 0 radical (unpaired) electrons. The minimum absolute atomic E-state index is 0.143. The minimum Gasteiger partial charge on any atom is -0.455 e. The van der Waals surface area contributed by atoms with Crippen molar-refractivity contribution in [2.75, 3.05) is 5.32 Å². The molecule has 0 saturated heterocycles. The maximum atomic E-state index is 12.9. The molecule has 0 atom stereocenters. The second kappa shape index (κ2) is 7.44. The van der Waals surface area contributed by atoms with E-state index >= 15 is 0 Å². The number of anilines is 1. The van der Waals surface area contributed by atoms with E-state index in [1.54, 1.807) is 31.2 Å². The lowest BCUT2D eigenvalue weighted by atomic mass is 10.0. The summed E-state index contributed by atoms with van der Waals surface area (Å²) < 4.78 is 6.88. The molecule has 1 aromatic heterocycles. The number of para-hydroxylation sites is 2. The molecule has 4 rings (SSSR count). The number of nitrogens with one attached hydrogen (secondary N) is 1. The van der Waals surface area contributed by atoms with Crippen molar-refractivity contribution in [1.82, 2.24) is 0 Å². The van der Waals surface area contributed by atoms with Crippen LogP contribution in [0.5, 0.6) is 0 Å². The lowest BCUT2D eigenvalue weighted by molar-refractivity contribution is 0.102. The normalized spacial score (nSPS) is 10.8. The monoisotopic (exact) mass is 433 g/mol. The van der Waals surface area contributed by atoms with Crippen LogP contribution in [-0.4, -0.2) is 5.91 Å². The zero-order valence-corrected chi connectivity index (χ0v) is 16.6. The predicted octanol–water partition coefficient (Wildman–Crippen LogP) is 5.78. The van der Waals surface area contributed by atoms with Gasteiger partial charge in [-0.3, -0.25) is 9.59 Å². The summed E-state index contributed by atoms with van der Waals surface area (Å²) >= 11 is 3.42. The van der Waals surface area contributed by atoms with Crippen LogP contribution in [0.2, 0.25) is 0 Å². The second-order valence-electron chi connectivity index (χ2n) is 6.37. The van der Waals surface area contributed by atoms with Crippen LogP contribution in [0.4, 0.5) is 5.69 Å². The lowest BCUT2D eigenvalue weighted by Crippen LogP contribution is -2.15. The average molecular weight is 434 g/mol. The highest BCUT2D eigenvalue weighted by atomic mass is 79.9. The number of amides is 1. The third kappa shape index (κ3) is 3.25. The van der Waals surface area contributed by atoms with Gasteiger partial charge in [-0.15, -0.1) is 0 Å². The van der Waals surface area contributed by atoms with Crippen LogP contribution >= 0.6 is 15.9 Å². The lowest BCUT2D eigenvalue weighted by Gasteiger charge is -2.11. The summed E-state index contributed by atoms with van der Waals surface area (Å²) in [5, 5.41) is 3.25. The highest BCUT2D eigenvalue weighted by molar-refractivity contribution is 9.10. The first-order valence-corrected chi connectivity index (χ1v) is 9.53. The van der Waals surface area contributed by atoms with E-state index in [9.17, 15) is 9.59 Å². The average Bonchev–Trinajstić information content (AvgIpc) is 2.72. The standard InChI is InChI=1S/C23H16BrNO3/c1-14-20(26)16-10-7-11-17(23(27)25-19-13-6-5-12-18(19)24)22(16)28-21(14)15-8-3-2-4-9-15/h2-13H,1H3,(H,25,27). The first-order valence-electron chi connectivity index (χ1n) is 8.74. The molecule has 0 aliphatic heterocycles. The molecule has 138 valence electrons. The van der Waals surface area contributed by atoms with Crippen molar-refractivity contribution in [3.05, 3.63) is 98.6 Å². The third-order valence-corrected chi connectivity index (χ3v) is 5.24. The van der Waals surface area contributed by atoms with Crippen molar-refractivity contribution in [1.29, 1.82) is 0 Å². The van der Waals surface area contributed by atoms with Gasteiger partial charge in [0, 0.05) is 15.6 Å². The summed E-state index contributed by atoms with van der Waals surface area (Å²) in [4.78, 5) is 25.8. The van der Waals surface area contributed by atoms with Gasteiger partial charge in [0.15, 0.2) is 11.0 Å². The van der Waals surface area contributed by atoms with Crippen molar-refractivity contribution >= 4 is 38.5 Å². The van der Waals surface area contributed by atoms with Crippen LogP contribution in [0.1, 0.15) is 15.9 Å². The number of hydrogen-bond donors (Lipinski definition) is 1. The SMILES string of the molecule is Cc1c(-c2ccccc2)oc2c(C(=O)Nc3ccccc3Br)cccc2c1=O. The summed E-state index contributed by atoms with van der Waals surface area (Å²) in [6, 6.07) is 21.8. The smallest absolute Gasteiger partial charge is 0.259 e. The molecule has 0 aliphatic rings. The van der Waals surface area contributed by atoms with Gasteiger partial charge >= 0.3 is 0 Å². The van der Waals surface area contributed by atoms with Crippen molar-refractivity contribution < 1.29 is 9.21 Å². The Morgan fingerprint density at radius 3 is 2.39 bits per heavy atom. The van der Waals surface area contributed by atoms with Gasteiger partial charge in [0.05, 0.1) is 16.6 Å². The Bertz CT molecular complexity index is 1250. The van der Waals surface area contributed by atoms with Crippen molar-refractivity contribution in [2.45, 2.75) is 6.92 Å². The summed E-state index contributed by atoms with van der Waals surface area (Å²) in [5.74, 6) is 0.128. The van der Waals surface area contributed by atoms with E-state index in [1.807, 2.05) is 48.5 Å². The van der Waals surface area contributed by atoms with E-state index in [-0.39, 0.29) is 16.9 Å². The number of rotatable bonds is 3. The van der Waals surface area contributed by atoms with E-state index < -0.39 is 0 Å². The second-order valence-corrected chi connectivity index (χ2v) is 7.22. The Morgan fingerprint density at radius 2 is 1.64 bits per heavy atom. The minimum atomic E-state index is -0.344. The molecule has 1 N–H and O–H groups in total. The summed E-state index contributed by atoms with van der Waals surface area (Å²) in [6.07, 6.45) is 0. The number of carbonyl (C=O) groups is 1. The Balaban J connectivity index is 1.88. The Labute approximate surface area is 170 Å². The Morgan fingerprint density at radius 1 is 0.929 bits per heavy atom. The highest BCUT2D eigenvalue weighted by Crippen LogP contribution is 2.28. The zero-order chi connectivity index (χ0) is 19.7. The summed E-state index contributed by atoms with van der Waals surface area (Å²) in [7, 11) is 0. The maximum absolute atomic E-state index is 12.9. The molecular weight excluding hydrogens is 418 g/mol. The molecule has 0 saturated carbocycles. The molecular formula is C23H16BrNO3. The van der Waals surface area contributed by atoms with Crippen LogP contribution in [0.15, 0.2) is 86.5 Å². The van der Waals surface area contributed by atoms with E-state index in [2.05, 4.69) is 21.2 Å². The van der Waals surface area contributed by atoms with Gasteiger partial charge in [0.25, 0.3) is 5.91 Å². The first kappa shape index (κ1) is 18.2. The summed E-state index contributed by atoms with van der Waals surface area (Å²) in [6.45, 7) is 1.74. The molecule has 0 spiro atoms. The van der Waals surface area contributed by atoms with Gasteiger partial charge in [-0.25, -0.2) is 0 Å². The first-order chi connectivity index (χ1) is 13.6. The predicted molar refractivity (Wildman–Crippen MR) is 115 cm³/mol. The molecule has 1 amide bonds. The number of carbonyl (C=O) groups excluding carboxylic acids is 1. The quantitative estimate of drug-likeness (QED) is 0.445. The van der Waals surface area contributed by atoms with Crippen LogP contribution < -0.4 is 10.7 Å². The van der Waals surface area contributed by atoms with Gasteiger partial charge < -0.3 is 9.73 Å². The number of benzene rings is 3. The fraction of sp³-hybridized carbons (Fsp3) is 0.0435. The van der Waals surface area contributed by atoms with E-state index in [1.165, 1.54) is 0 Å². The molecule has 0 fully saturated rings. The van der Waals surface area contributed by atoms with Crippen molar-refractivity contribution in [3.63, 3.8) is 0 Å². The van der Waals surface area contributed by atoms with E-state index in [0.717, 1.165) is 10.0 Å². The molecule has 28 heavy (non-hydrogen) atoms. The fourth-order valence-electron chi connectivity index (χ4n) is 3.11. The molecule has 3 aromatic carbocycles. The third-order valence-electron chi connectivity index (χ3n) is 4.55. The Kier molecular flexibility index (Phi) is 4.84. The van der Waals surface area contributed by atoms with E-state index in [4.69, 9.17) is 4.42 Å². The van der Waals surface area contributed by atoms with Crippen molar-refractivity contribution in [3.8, 4) is 11.3 Å². The number of fused-ring (bicyclic) bond motifs is 1. The molecule has 1 heterocycles. The molecule has 0 bridgehead atoms. The molecule has 4 aromatic rings. The van der Waals surface area contributed by atoms with Gasteiger partial charge in [-0.2, -0.15) is 0 Å². The molecule has 0 unspecified atom stereocenters. The van der Waals surface area contributed by atoms with Crippen LogP contribution in [-0.2, 0) is 0 Å². The fourth-order valence-corrected chi connectivity index (χ4v) is 3.49. The summed E-state index contributed by atoms with van der Waals surface area (Å²) in [5.41, 5.74) is 2.39. The number of halogens is 1. The Hall–Kier alpha value is -3.18. The molecule has 4 nitrogen and oxygen atoms in total. The highest BCUT2D eigenvalue weighted by Gasteiger charge is 2.18. The van der Waals surface area contributed by atoms with Crippen LogP contribution in [0.3, 0.4) is 0 Å². The maximum Gasteiger partial charge on any atom is 0.259 e. The molecule has 5 heteroatoms. The molecule has 0 aliphatic carbocycles. The topological polar surface area (TPSA) is 59.3 Å².